The van der Waals surface area contributed by atoms with Gasteiger partial charge in [-0.2, -0.15) is 0 Å². The molecule has 0 aromatic heterocycles. The van der Waals surface area contributed by atoms with Gasteiger partial charge >= 0.3 is 0 Å². The van der Waals surface area contributed by atoms with Crippen molar-refractivity contribution in [1.29, 1.82) is 0 Å². The van der Waals surface area contributed by atoms with Crippen molar-refractivity contribution in [3.63, 3.8) is 0 Å². The number of hydrogen-bond acceptors (Lipinski definition) is 2. The molecule has 1 nitrogen and oxygen atoms in total. The average Bonchev–Trinajstić information content (AvgIpc) is 2.21. The van der Waals surface area contributed by atoms with Gasteiger partial charge in [0.1, 0.15) is 0 Å². The Kier molecular flexibility index (Phi) is 4.26. The molecule has 0 saturated heterocycles. The molecule has 0 bridgehead atoms. The Labute approximate surface area is 113 Å². The first kappa shape index (κ1) is 13.1. The number of thioether (sulfide) groups is 1. The van der Waals surface area contributed by atoms with Crippen molar-refractivity contribution in [2.45, 2.75) is 43.3 Å². The summed E-state index contributed by atoms with van der Waals surface area (Å²) in [6.07, 6.45) is 3.97. The summed E-state index contributed by atoms with van der Waals surface area (Å²) in [7, 11) is 0. The Morgan fingerprint density at radius 1 is 1.18 bits per heavy atom. The van der Waals surface area contributed by atoms with Gasteiger partial charge in [0, 0.05) is 15.8 Å². The lowest BCUT2D eigenvalue weighted by molar-refractivity contribution is 0.309. The number of nitrogen functional groups attached to an aromatic ring is 1. The zero-order chi connectivity index (χ0) is 12.4. The number of halogens is 1. The van der Waals surface area contributed by atoms with E-state index in [1.807, 2.05) is 30.0 Å². The van der Waals surface area contributed by atoms with Gasteiger partial charge in [0.15, 0.2) is 0 Å². The highest BCUT2D eigenvalue weighted by atomic mass is 35.5. The Morgan fingerprint density at radius 2 is 1.82 bits per heavy atom. The zero-order valence-electron chi connectivity index (χ0n) is 10.4. The van der Waals surface area contributed by atoms with Crippen LogP contribution in [0.2, 0.25) is 5.02 Å². The quantitative estimate of drug-likeness (QED) is 0.778. The third kappa shape index (κ3) is 3.56. The van der Waals surface area contributed by atoms with Crippen LogP contribution in [0, 0.1) is 11.8 Å². The first-order valence-corrected chi connectivity index (χ1v) is 7.52. The van der Waals surface area contributed by atoms with Crippen molar-refractivity contribution in [3.05, 3.63) is 23.2 Å². The van der Waals surface area contributed by atoms with E-state index < -0.39 is 0 Å². The third-order valence-corrected chi connectivity index (χ3v) is 5.14. The maximum Gasteiger partial charge on any atom is 0.0562 e. The molecule has 17 heavy (non-hydrogen) atoms. The molecule has 2 unspecified atom stereocenters. The molecule has 1 saturated carbocycles. The molecule has 0 spiro atoms. The lowest BCUT2D eigenvalue weighted by Crippen LogP contribution is -2.21. The van der Waals surface area contributed by atoms with Crippen LogP contribution in [0.1, 0.15) is 33.1 Å². The topological polar surface area (TPSA) is 26.0 Å². The summed E-state index contributed by atoms with van der Waals surface area (Å²) in [6.45, 7) is 4.71. The number of benzene rings is 1. The van der Waals surface area contributed by atoms with Crippen molar-refractivity contribution in [1.82, 2.24) is 0 Å². The molecule has 1 aromatic carbocycles. The minimum absolute atomic E-state index is 0.704. The molecule has 0 heterocycles. The van der Waals surface area contributed by atoms with Crippen LogP contribution in [0.4, 0.5) is 5.69 Å². The standard InChI is InChI=1S/C14H20ClNS/c1-9-5-10(2)7-12(6-9)17-14-4-3-11(16)8-13(14)15/h3-4,8-10,12H,5-7,16H2,1-2H3. The summed E-state index contributed by atoms with van der Waals surface area (Å²) in [5.41, 5.74) is 6.45. The lowest BCUT2D eigenvalue weighted by atomic mass is 9.83. The molecule has 0 amide bonds. The monoisotopic (exact) mass is 269 g/mol. The summed E-state index contributed by atoms with van der Waals surface area (Å²) in [6, 6.07) is 5.83. The first-order chi connectivity index (χ1) is 8.04. The van der Waals surface area contributed by atoms with E-state index in [1.165, 1.54) is 24.2 Å². The second kappa shape index (κ2) is 5.53. The Hall–Kier alpha value is -0.340. The van der Waals surface area contributed by atoms with Crippen molar-refractivity contribution < 1.29 is 0 Å². The van der Waals surface area contributed by atoms with Crippen molar-refractivity contribution >= 4 is 29.1 Å². The van der Waals surface area contributed by atoms with Gasteiger partial charge < -0.3 is 5.73 Å². The van der Waals surface area contributed by atoms with E-state index in [4.69, 9.17) is 17.3 Å². The van der Waals surface area contributed by atoms with E-state index in [0.717, 1.165) is 22.5 Å². The van der Waals surface area contributed by atoms with Crippen LogP contribution in [-0.2, 0) is 0 Å². The number of hydrogen-bond donors (Lipinski definition) is 1. The number of nitrogens with two attached hydrogens (primary N) is 1. The SMILES string of the molecule is CC1CC(C)CC(Sc2ccc(N)cc2Cl)C1. The molecule has 0 radical (unpaired) electrons. The number of anilines is 1. The molecule has 2 rings (SSSR count). The van der Waals surface area contributed by atoms with E-state index in [2.05, 4.69) is 13.8 Å². The minimum Gasteiger partial charge on any atom is -0.399 e. The fraction of sp³-hybridized carbons (Fsp3) is 0.571. The van der Waals surface area contributed by atoms with E-state index in [-0.39, 0.29) is 0 Å². The summed E-state index contributed by atoms with van der Waals surface area (Å²) in [5.74, 6) is 1.67. The van der Waals surface area contributed by atoms with Crippen molar-refractivity contribution in [2.75, 3.05) is 5.73 Å². The van der Waals surface area contributed by atoms with Gasteiger partial charge in [0.25, 0.3) is 0 Å². The molecular weight excluding hydrogens is 250 g/mol. The van der Waals surface area contributed by atoms with E-state index in [1.54, 1.807) is 0 Å². The fourth-order valence-electron chi connectivity index (χ4n) is 2.76. The van der Waals surface area contributed by atoms with Gasteiger partial charge in [-0.1, -0.05) is 25.4 Å². The van der Waals surface area contributed by atoms with Gasteiger partial charge in [0.05, 0.1) is 5.02 Å². The Balaban J connectivity index is 2.04. The summed E-state index contributed by atoms with van der Waals surface area (Å²) in [4.78, 5) is 1.17. The molecular formula is C14H20ClNS. The molecule has 0 aliphatic heterocycles. The summed E-state index contributed by atoms with van der Waals surface area (Å²) in [5, 5.41) is 1.50. The van der Waals surface area contributed by atoms with Crippen LogP contribution < -0.4 is 5.73 Å². The van der Waals surface area contributed by atoms with Crippen LogP contribution in [0.15, 0.2) is 23.1 Å². The van der Waals surface area contributed by atoms with Crippen LogP contribution in [0.5, 0.6) is 0 Å². The Bertz CT molecular complexity index is 384. The van der Waals surface area contributed by atoms with Gasteiger partial charge in [0.2, 0.25) is 0 Å². The molecule has 3 heteroatoms. The van der Waals surface area contributed by atoms with Crippen molar-refractivity contribution in [3.8, 4) is 0 Å². The normalized spacial score (nSPS) is 29.2. The predicted octanol–water partition coefficient (Wildman–Crippen LogP) is 4.84. The summed E-state index contributed by atoms with van der Waals surface area (Å²) >= 11 is 8.14. The third-order valence-electron chi connectivity index (χ3n) is 3.38. The van der Waals surface area contributed by atoms with Crippen LogP contribution in [0.25, 0.3) is 0 Å². The van der Waals surface area contributed by atoms with Gasteiger partial charge in [-0.25, -0.2) is 0 Å². The maximum absolute atomic E-state index is 6.22. The second-order valence-corrected chi connectivity index (χ2v) is 7.10. The smallest absolute Gasteiger partial charge is 0.0562 e. The Morgan fingerprint density at radius 3 is 2.41 bits per heavy atom. The zero-order valence-corrected chi connectivity index (χ0v) is 12.0. The van der Waals surface area contributed by atoms with Gasteiger partial charge in [-0.05, 0) is 49.3 Å². The molecule has 94 valence electrons. The van der Waals surface area contributed by atoms with Crippen molar-refractivity contribution in [2.24, 2.45) is 11.8 Å². The van der Waals surface area contributed by atoms with E-state index in [9.17, 15) is 0 Å². The summed E-state index contributed by atoms with van der Waals surface area (Å²) < 4.78 is 0. The predicted molar refractivity (Wildman–Crippen MR) is 77.7 cm³/mol. The highest BCUT2D eigenvalue weighted by Crippen LogP contribution is 2.41. The van der Waals surface area contributed by atoms with E-state index >= 15 is 0 Å². The van der Waals surface area contributed by atoms with Crippen LogP contribution in [0.3, 0.4) is 0 Å². The van der Waals surface area contributed by atoms with Crippen LogP contribution >= 0.6 is 23.4 Å². The minimum atomic E-state index is 0.704. The van der Waals surface area contributed by atoms with Gasteiger partial charge in [-0.15, -0.1) is 11.8 Å². The largest absolute Gasteiger partial charge is 0.399 e. The highest BCUT2D eigenvalue weighted by molar-refractivity contribution is 8.00. The molecule has 2 atom stereocenters. The molecule has 1 aliphatic carbocycles. The molecule has 2 N–H and O–H groups in total. The molecule has 1 aromatic rings. The highest BCUT2D eigenvalue weighted by Gasteiger charge is 2.25. The second-order valence-electron chi connectivity index (χ2n) is 5.35. The van der Waals surface area contributed by atoms with Gasteiger partial charge in [-0.3, -0.25) is 0 Å². The first-order valence-electron chi connectivity index (χ1n) is 6.26. The lowest BCUT2D eigenvalue weighted by Gasteiger charge is -2.31. The van der Waals surface area contributed by atoms with E-state index in [0.29, 0.717) is 5.25 Å². The average molecular weight is 270 g/mol. The van der Waals surface area contributed by atoms with Crippen LogP contribution in [-0.4, -0.2) is 5.25 Å². The number of rotatable bonds is 2. The fourth-order valence-corrected chi connectivity index (χ4v) is 4.61. The molecule has 1 fully saturated rings. The maximum atomic E-state index is 6.22. The molecule has 1 aliphatic rings.